The molecular formula is C23H24Cl3N3O3. The third-order valence-corrected chi connectivity index (χ3v) is 5.84. The Morgan fingerprint density at radius 1 is 1.16 bits per heavy atom. The fourth-order valence-electron chi connectivity index (χ4n) is 3.01. The zero-order valence-corrected chi connectivity index (χ0v) is 20.5. The smallest absolute Gasteiger partial charge is 0.349 e. The van der Waals surface area contributed by atoms with E-state index in [0.717, 1.165) is 29.9 Å². The highest BCUT2D eigenvalue weighted by Gasteiger charge is 2.17. The number of aromatic nitrogens is 1. The summed E-state index contributed by atoms with van der Waals surface area (Å²) >= 11 is 17.8. The number of nitrogens with zero attached hydrogens (tertiary/aromatic N) is 2. The van der Waals surface area contributed by atoms with Crippen LogP contribution in [0.3, 0.4) is 0 Å². The van der Waals surface area contributed by atoms with Crippen LogP contribution in [-0.2, 0) is 20.9 Å². The van der Waals surface area contributed by atoms with Crippen LogP contribution in [0.25, 0.3) is 6.08 Å². The van der Waals surface area contributed by atoms with Crippen molar-refractivity contribution in [3.63, 3.8) is 0 Å². The van der Waals surface area contributed by atoms with Crippen molar-refractivity contribution in [3.05, 3.63) is 55.8 Å². The van der Waals surface area contributed by atoms with E-state index in [-0.39, 0.29) is 26.3 Å². The first kappa shape index (κ1) is 25.8. The highest BCUT2D eigenvalue weighted by atomic mass is 35.5. The molecule has 1 amide bonds. The van der Waals surface area contributed by atoms with Crippen molar-refractivity contribution in [2.75, 3.05) is 11.9 Å². The molecule has 0 aliphatic heterocycles. The van der Waals surface area contributed by atoms with Gasteiger partial charge in [-0.2, -0.15) is 5.26 Å². The quantitative estimate of drug-likeness (QED) is 0.204. The Labute approximate surface area is 202 Å². The van der Waals surface area contributed by atoms with E-state index in [2.05, 4.69) is 23.7 Å². The van der Waals surface area contributed by atoms with E-state index >= 15 is 0 Å². The largest absolute Gasteiger partial charge is 0.451 e. The highest BCUT2D eigenvalue weighted by molar-refractivity contribution is 6.44. The maximum absolute atomic E-state index is 12.4. The second-order valence-electron chi connectivity index (χ2n) is 7.70. The highest BCUT2D eigenvalue weighted by Crippen LogP contribution is 2.32. The third kappa shape index (κ3) is 6.77. The van der Waals surface area contributed by atoms with Crippen molar-refractivity contribution in [3.8, 4) is 6.07 Å². The molecular weight excluding hydrogens is 473 g/mol. The number of hydrogen-bond acceptors (Lipinski definition) is 4. The minimum atomic E-state index is -0.894. The van der Waals surface area contributed by atoms with Crippen molar-refractivity contribution in [1.82, 2.24) is 4.57 Å². The first-order chi connectivity index (χ1) is 15.0. The minimum Gasteiger partial charge on any atom is -0.451 e. The summed E-state index contributed by atoms with van der Waals surface area (Å²) in [5.41, 5.74) is 2.78. The fraction of sp³-hybridized carbons (Fsp3) is 0.348. The Bertz CT molecular complexity index is 1100. The molecule has 32 heavy (non-hydrogen) atoms. The van der Waals surface area contributed by atoms with Crippen molar-refractivity contribution in [2.45, 2.75) is 40.7 Å². The van der Waals surface area contributed by atoms with Gasteiger partial charge in [0, 0.05) is 17.9 Å². The molecule has 2 rings (SSSR count). The van der Waals surface area contributed by atoms with Crippen LogP contribution in [-0.4, -0.2) is 23.1 Å². The van der Waals surface area contributed by atoms with Crippen molar-refractivity contribution in [2.24, 2.45) is 5.92 Å². The van der Waals surface area contributed by atoms with Gasteiger partial charge in [-0.3, -0.25) is 4.79 Å². The van der Waals surface area contributed by atoms with E-state index in [1.54, 1.807) is 0 Å². The van der Waals surface area contributed by atoms with Gasteiger partial charge in [-0.25, -0.2) is 4.79 Å². The number of anilines is 1. The topological polar surface area (TPSA) is 84.1 Å². The lowest BCUT2D eigenvalue weighted by Crippen LogP contribution is -2.21. The molecule has 1 N–H and O–H groups in total. The van der Waals surface area contributed by atoms with Crippen LogP contribution < -0.4 is 5.32 Å². The van der Waals surface area contributed by atoms with Crippen LogP contribution >= 0.6 is 34.8 Å². The van der Waals surface area contributed by atoms with Gasteiger partial charge in [0.1, 0.15) is 11.6 Å². The van der Waals surface area contributed by atoms with Crippen LogP contribution in [0.4, 0.5) is 5.69 Å². The van der Waals surface area contributed by atoms with E-state index in [0.29, 0.717) is 5.92 Å². The number of ether oxygens (including phenoxy) is 1. The predicted octanol–water partition coefficient (Wildman–Crippen LogP) is 6.20. The fourth-order valence-corrected chi connectivity index (χ4v) is 3.61. The van der Waals surface area contributed by atoms with Crippen LogP contribution in [0.1, 0.15) is 37.2 Å². The SMILES string of the molecule is Cc1cc(/C=C(\C#N)C(=O)OCC(=O)Nc2cc(Cl)c(Cl)cc2Cl)c(C)n1CCC(C)C. The van der Waals surface area contributed by atoms with Gasteiger partial charge in [-0.1, -0.05) is 48.7 Å². The standard InChI is InChI=1S/C23H24Cl3N3O3/c1-13(2)5-6-29-14(3)7-16(15(29)4)8-17(11-27)23(31)32-12-22(30)28-21-10-19(25)18(24)9-20(21)26/h7-10,13H,5-6,12H2,1-4H3,(H,28,30)/b17-8+. The van der Waals surface area contributed by atoms with Gasteiger partial charge in [0.15, 0.2) is 6.61 Å². The van der Waals surface area contributed by atoms with E-state index in [4.69, 9.17) is 39.5 Å². The average Bonchev–Trinajstić information content (AvgIpc) is 2.99. The van der Waals surface area contributed by atoms with Crippen LogP contribution in [0.2, 0.25) is 15.1 Å². The zero-order chi connectivity index (χ0) is 24.0. The van der Waals surface area contributed by atoms with Crippen LogP contribution in [0.5, 0.6) is 0 Å². The number of aryl methyl sites for hydroxylation is 1. The number of nitrogens with one attached hydrogen (secondary N) is 1. The Hall–Kier alpha value is -2.46. The summed E-state index contributed by atoms with van der Waals surface area (Å²) in [6.07, 6.45) is 2.49. The monoisotopic (exact) mass is 495 g/mol. The number of carbonyl (C=O) groups excluding carboxylic acids is 2. The number of nitriles is 1. The van der Waals surface area contributed by atoms with E-state index in [1.165, 1.54) is 18.2 Å². The van der Waals surface area contributed by atoms with Gasteiger partial charge in [0.25, 0.3) is 5.91 Å². The molecule has 0 saturated carbocycles. The van der Waals surface area contributed by atoms with Gasteiger partial charge >= 0.3 is 5.97 Å². The number of halogens is 3. The molecule has 9 heteroatoms. The van der Waals surface area contributed by atoms with Gasteiger partial charge < -0.3 is 14.6 Å². The first-order valence-electron chi connectivity index (χ1n) is 9.93. The summed E-state index contributed by atoms with van der Waals surface area (Å²) in [5, 5.41) is 12.6. The van der Waals surface area contributed by atoms with Crippen LogP contribution in [0, 0.1) is 31.1 Å². The molecule has 2 aromatic rings. The lowest BCUT2D eigenvalue weighted by Gasteiger charge is -2.11. The van der Waals surface area contributed by atoms with E-state index in [9.17, 15) is 14.9 Å². The molecule has 0 bridgehead atoms. The van der Waals surface area contributed by atoms with Gasteiger partial charge in [-0.15, -0.1) is 0 Å². The molecule has 0 saturated heterocycles. The molecule has 0 aliphatic carbocycles. The Kier molecular flexibility index (Phi) is 9.21. The second-order valence-corrected chi connectivity index (χ2v) is 8.92. The molecule has 0 radical (unpaired) electrons. The first-order valence-corrected chi connectivity index (χ1v) is 11.1. The maximum Gasteiger partial charge on any atom is 0.349 e. The average molecular weight is 497 g/mol. The molecule has 1 aromatic carbocycles. The lowest BCUT2D eigenvalue weighted by molar-refractivity contribution is -0.142. The van der Waals surface area contributed by atoms with E-state index < -0.39 is 18.5 Å². The molecule has 1 aromatic heterocycles. The summed E-state index contributed by atoms with van der Waals surface area (Å²) in [4.78, 5) is 24.5. The third-order valence-electron chi connectivity index (χ3n) is 4.80. The summed E-state index contributed by atoms with van der Waals surface area (Å²) in [6, 6.07) is 6.54. The Morgan fingerprint density at radius 2 is 1.81 bits per heavy atom. The number of carbonyl (C=O) groups is 2. The molecule has 0 aliphatic rings. The van der Waals surface area contributed by atoms with Gasteiger partial charge in [0.05, 0.1) is 20.8 Å². The zero-order valence-electron chi connectivity index (χ0n) is 18.3. The van der Waals surface area contributed by atoms with Gasteiger partial charge in [-0.05, 0) is 56.0 Å². The summed E-state index contributed by atoms with van der Waals surface area (Å²) in [7, 11) is 0. The Balaban J connectivity index is 2.06. The normalized spacial score (nSPS) is 11.4. The number of hydrogen-bond donors (Lipinski definition) is 1. The van der Waals surface area contributed by atoms with E-state index in [1.807, 2.05) is 26.0 Å². The molecule has 0 spiro atoms. The minimum absolute atomic E-state index is 0.185. The molecule has 1 heterocycles. The molecule has 0 fully saturated rings. The number of rotatable bonds is 8. The molecule has 170 valence electrons. The summed E-state index contributed by atoms with van der Waals surface area (Å²) in [5.74, 6) is -0.970. The molecule has 0 unspecified atom stereocenters. The predicted molar refractivity (Wildman–Crippen MR) is 128 cm³/mol. The molecule has 6 nitrogen and oxygen atoms in total. The lowest BCUT2D eigenvalue weighted by atomic mass is 10.1. The van der Waals surface area contributed by atoms with Crippen molar-refractivity contribution in [1.29, 1.82) is 5.26 Å². The van der Waals surface area contributed by atoms with Crippen molar-refractivity contribution >= 4 is 58.4 Å². The number of esters is 1. The van der Waals surface area contributed by atoms with Crippen molar-refractivity contribution < 1.29 is 14.3 Å². The summed E-state index contributed by atoms with van der Waals surface area (Å²) < 4.78 is 7.15. The second kappa shape index (κ2) is 11.4. The van der Waals surface area contributed by atoms with Gasteiger partial charge in [0.2, 0.25) is 0 Å². The number of benzene rings is 1. The Morgan fingerprint density at radius 3 is 2.44 bits per heavy atom. The summed E-state index contributed by atoms with van der Waals surface area (Å²) in [6.45, 7) is 8.49. The number of amides is 1. The molecule has 0 atom stereocenters. The maximum atomic E-state index is 12.4. The van der Waals surface area contributed by atoms with Crippen LogP contribution in [0.15, 0.2) is 23.8 Å².